The van der Waals surface area contributed by atoms with Crippen LogP contribution in [0.2, 0.25) is 0 Å². The molecule has 0 aliphatic heterocycles. The van der Waals surface area contributed by atoms with Crippen LogP contribution in [0.4, 0.5) is 0 Å². The first kappa shape index (κ1) is 12.6. The van der Waals surface area contributed by atoms with Gasteiger partial charge in [0.1, 0.15) is 0 Å². The topological polar surface area (TPSA) is 98.5 Å². The van der Waals surface area contributed by atoms with E-state index in [9.17, 15) is 5.11 Å². The maximum Gasteiger partial charge on any atom is 0.172 e. The molecule has 6 nitrogen and oxygen atoms in total. The van der Waals surface area contributed by atoms with Crippen LogP contribution < -0.4 is 4.74 Å². The highest BCUT2D eigenvalue weighted by atomic mass is 79.9. The van der Waals surface area contributed by atoms with Crippen molar-refractivity contribution in [1.82, 2.24) is 0 Å². The first-order chi connectivity index (χ1) is 7.65. The molecule has 0 spiro atoms. The molecule has 1 aromatic carbocycles. The molecule has 2 N–H and O–H groups in total. The number of hydrogen-bond donors (Lipinski definition) is 2. The number of phenols is 1. The molecule has 1 aromatic rings. The zero-order chi connectivity index (χ0) is 12.1. The Balaban J connectivity index is 3.24. The van der Waals surface area contributed by atoms with Gasteiger partial charge in [-0.2, -0.15) is 0 Å². The highest BCUT2D eigenvalue weighted by Crippen LogP contribution is 2.39. The molecule has 86 valence electrons. The largest absolute Gasteiger partial charge is 0.503 e. The van der Waals surface area contributed by atoms with Crippen LogP contribution in [0.1, 0.15) is 11.6 Å². The van der Waals surface area contributed by atoms with E-state index in [2.05, 4.69) is 26.0 Å². The molecule has 0 amide bonds. The fraction of sp³-hybridized carbons (Fsp3) is 0.333. The number of halogens is 1. The van der Waals surface area contributed by atoms with Crippen LogP contribution in [0.5, 0.6) is 11.5 Å². The number of aromatic hydroxyl groups is 1. The number of benzene rings is 1. The second-order valence-corrected chi connectivity index (χ2v) is 3.72. The summed E-state index contributed by atoms with van der Waals surface area (Å²) in [5.74, 6) is 0.208. The number of nitrogens with zero attached hydrogens (tertiary/aromatic N) is 3. The summed E-state index contributed by atoms with van der Waals surface area (Å²) in [6.07, 6.45) is 0. The Bertz CT molecular complexity index is 432. The van der Waals surface area contributed by atoms with Gasteiger partial charge in [-0.05, 0) is 33.1 Å². The molecule has 0 saturated heterocycles. The summed E-state index contributed by atoms with van der Waals surface area (Å²) in [5, 5.41) is 22.2. The summed E-state index contributed by atoms with van der Waals surface area (Å²) in [6.45, 7) is -0.339. The number of aliphatic hydroxyl groups is 1. The van der Waals surface area contributed by atoms with Gasteiger partial charge in [0, 0.05) is 4.91 Å². The fourth-order valence-electron chi connectivity index (χ4n) is 1.24. The van der Waals surface area contributed by atoms with Crippen molar-refractivity contribution in [2.45, 2.75) is 6.04 Å². The minimum atomic E-state index is -0.740. The van der Waals surface area contributed by atoms with Gasteiger partial charge in [-0.1, -0.05) is 11.2 Å². The predicted molar refractivity (Wildman–Crippen MR) is 61.3 cm³/mol. The van der Waals surface area contributed by atoms with E-state index in [4.69, 9.17) is 15.4 Å². The number of phenolic OH excluding ortho intramolecular Hbond substituents is 1. The molecular formula is C9H10BrN3O3. The number of hydrogen-bond acceptors (Lipinski definition) is 4. The standard InChI is InChI=1S/C9H10BrN3O3/c1-16-7-3-2-5(8(10)9(7)15)6(4-14)12-13-11/h2-3,6,14-15H,4H2,1H3. The van der Waals surface area contributed by atoms with E-state index in [-0.39, 0.29) is 12.4 Å². The third-order valence-electron chi connectivity index (χ3n) is 2.05. The van der Waals surface area contributed by atoms with Crippen LogP contribution in [-0.4, -0.2) is 23.9 Å². The van der Waals surface area contributed by atoms with E-state index in [1.165, 1.54) is 13.2 Å². The summed E-state index contributed by atoms with van der Waals surface area (Å²) in [6, 6.07) is 2.40. The zero-order valence-corrected chi connectivity index (χ0v) is 10.0. The van der Waals surface area contributed by atoms with Crippen molar-refractivity contribution in [3.63, 3.8) is 0 Å². The molecule has 0 heterocycles. The number of azide groups is 1. The van der Waals surface area contributed by atoms with Gasteiger partial charge in [-0.25, -0.2) is 0 Å². The maximum absolute atomic E-state index is 9.70. The van der Waals surface area contributed by atoms with Crippen LogP contribution >= 0.6 is 15.9 Å². The maximum atomic E-state index is 9.70. The van der Waals surface area contributed by atoms with Gasteiger partial charge < -0.3 is 14.9 Å². The van der Waals surface area contributed by atoms with Crippen LogP contribution in [-0.2, 0) is 0 Å². The average Bonchev–Trinajstić information content (AvgIpc) is 2.30. The molecule has 1 atom stereocenters. The Kier molecular flexibility index (Phi) is 4.42. The number of methoxy groups -OCH3 is 1. The highest BCUT2D eigenvalue weighted by molar-refractivity contribution is 9.10. The first-order valence-corrected chi connectivity index (χ1v) is 5.15. The lowest BCUT2D eigenvalue weighted by atomic mass is 10.1. The molecule has 1 unspecified atom stereocenters. The Morgan fingerprint density at radius 1 is 1.62 bits per heavy atom. The SMILES string of the molecule is COc1ccc(C(CO)N=[N+]=[N-])c(Br)c1O. The van der Waals surface area contributed by atoms with Crippen LogP contribution in [0.25, 0.3) is 10.4 Å². The Labute approximate surface area is 100 Å². The van der Waals surface area contributed by atoms with E-state index in [1.54, 1.807) is 6.07 Å². The molecule has 16 heavy (non-hydrogen) atoms. The monoisotopic (exact) mass is 287 g/mol. The quantitative estimate of drug-likeness (QED) is 0.506. The van der Waals surface area contributed by atoms with Gasteiger partial charge in [0.2, 0.25) is 0 Å². The van der Waals surface area contributed by atoms with Gasteiger partial charge in [0.15, 0.2) is 11.5 Å². The lowest BCUT2D eigenvalue weighted by molar-refractivity contribution is 0.267. The van der Waals surface area contributed by atoms with Crippen molar-refractivity contribution in [1.29, 1.82) is 0 Å². The summed E-state index contributed by atoms with van der Waals surface area (Å²) < 4.78 is 5.25. The van der Waals surface area contributed by atoms with Crippen molar-refractivity contribution in [2.75, 3.05) is 13.7 Å². The molecule has 0 aliphatic rings. The molecule has 0 aliphatic carbocycles. The van der Waals surface area contributed by atoms with Crippen molar-refractivity contribution in [3.8, 4) is 11.5 Å². The summed E-state index contributed by atoms with van der Waals surface area (Å²) >= 11 is 3.16. The minimum absolute atomic E-state index is 0.0911. The second kappa shape index (κ2) is 5.60. The van der Waals surface area contributed by atoms with Crippen molar-refractivity contribution in [2.24, 2.45) is 5.11 Å². The molecule has 0 aromatic heterocycles. The van der Waals surface area contributed by atoms with Gasteiger partial charge >= 0.3 is 0 Å². The van der Waals surface area contributed by atoms with Crippen molar-refractivity contribution in [3.05, 3.63) is 32.6 Å². The molecule has 0 bridgehead atoms. The normalized spacial score (nSPS) is 11.7. The van der Waals surface area contributed by atoms with Gasteiger partial charge in [-0.3, -0.25) is 0 Å². The van der Waals surface area contributed by atoms with Gasteiger partial charge in [0.25, 0.3) is 0 Å². The molecule has 0 saturated carbocycles. The first-order valence-electron chi connectivity index (χ1n) is 4.36. The average molecular weight is 288 g/mol. The van der Waals surface area contributed by atoms with E-state index in [1.807, 2.05) is 0 Å². The van der Waals surface area contributed by atoms with Crippen LogP contribution in [0.3, 0.4) is 0 Å². The highest BCUT2D eigenvalue weighted by Gasteiger charge is 2.17. The number of aliphatic hydroxyl groups excluding tert-OH is 1. The molecule has 0 radical (unpaired) electrons. The third kappa shape index (κ3) is 2.38. The smallest absolute Gasteiger partial charge is 0.172 e. The number of rotatable bonds is 4. The molecular weight excluding hydrogens is 278 g/mol. The lowest BCUT2D eigenvalue weighted by Gasteiger charge is -2.13. The Hall–Kier alpha value is -1.43. The zero-order valence-electron chi connectivity index (χ0n) is 8.46. The predicted octanol–water partition coefficient (Wildman–Crippen LogP) is 2.51. The van der Waals surface area contributed by atoms with E-state index < -0.39 is 6.04 Å². The molecule has 0 fully saturated rings. The van der Waals surface area contributed by atoms with E-state index in [0.29, 0.717) is 15.8 Å². The van der Waals surface area contributed by atoms with Crippen LogP contribution in [0.15, 0.2) is 21.7 Å². The number of ether oxygens (including phenoxy) is 1. The summed E-state index contributed by atoms with van der Waals surface area (Å²) in [4.78, 5) is 2.63. The second-order valence-electron chi connectivity index (χ2n) is 2.92. The summed E-state index contributed by atoms with van der Waals surface area (Å²) in [5.41, 5.74) is 8.83. The third-order valence-corrected chi connectivity index (χ3v) is 2.89. The molecule has 7 heteroatoms. The lowest BCUT2D eigenvalue weighted by Crippen LogP contribution is -2.01. The van der Waals surface area contributed by atoms with Gasteiger partial charge in [0.05, 0.1) is 24.2 Å². The molecule has 1 rings (SSSR count). The van der Waals surface area contributed by atoms with E-state index in [0.717, 1.165) is 0 Å². The van der Waals surface area contributed by atoms with Crippen LogP contribution in [0, 0.1) is 0 Å². The van der Waals surface area contributed by atoms with Crippen molar-refractivity contribution >= 4 is 15.9 Å². The fourth-order valence-corrected chi connectivity index (χ4v) is 1.84. The van der Waals surface area contributed by atoms with E-state index >= 15 is 0 Å². The Morgan fingerprint density at radius 3 is 2.81 bits per heavy atom. The summed E-state index contributed by atoms with van der Waals surface area (Å²) in [7, 11) is 1.43. The van der Waals surface area contributed by atoms with Crippen molar-refractivity contribution < 1.29 is 14.9 Å². The Morgan fingerprint density at radius 2 is 2.31 bits per heavy atom. The van der Waals surface area contributed by atoms with Gasteiger partial charge in [-0.15, -0.1) is 0 Å². The minimum Gasteiger partial charge on any atom is -0.503 e.